The third kappa shape index (κ3) is 4.18. The average molecular weight is 340 g/mol. The fraction of sp³-hybridized carbons (Fsp3) is 0.526. The van der Waals surface area contributed by atoms with Gasteiger partial charge in [0.2, 0.25) is 0 Å². The van der Waals surface area contributed by atoms with E-state index in [9.17, 15) is 0 Å². The SMILES string of the molecule is CN=C(NCC(C)c1cccc(C)c1)NC1CCCn2nc(C)nc21. The van der Waals surface area contributed by atoms with Crippen LogP contribution in [0.2, 0.25) is 0 Å². The fourth-order valence-electron chi connectivity index (χ4n) is 3.31. The maximum atomic E-state index is 4.58. The minimum absolute atomic E-state index is 0.162. The van der Waals surface area contributed by atoms with E-state index in [2.05, 4.69) is 63.8 Å². The number of benzene rings is 1. The van der Waals surface area contributed by atoms with Gasteiger partial charge in [0.15, 0.2) is 5.96 Å². The van der Waals surface area contributed by atoms with Gasteiger partial charge in [0.25, 0.3) is 0 Å². The van der Waals surface area contributed by atoms with Crippen molar-refractivity contribution in [3.05, 3.63) is 47.0 Å². The molecule has 25 heavy (non-hydrogen) atoms. The number of hydrogen-bond donors (Lipinski definition) is 2. The molecule has 0 radical (unpaired) electrons. The zero-order valence-corrected chi connectivity index (χ0v) is 15.6. The summed E-state index contributed by atoms with van der Waals surface area (Å²) in [7, 11) is 1.81. The Balaban J connectivity index is 1.60. The van der Waals surface area contributed by atoms with E-state index in [0.29, 0.717) is 5.92 Å². The zero-order valence-electron chi connectivity index (χ0n) is 15.6. The van der Waals surface area contributed by atoms with Crippen LogP contribution in [-0.2, 0) is 6.54 Å². The Bertz CT molecular complexity index is 748. The van der Waals surface area contributed by atoms with Crippen molar-refractivity contribution < 1.29 is 0 Å². The molecule has 3 rings (SSSR count). The van der Waals surface area contributed by atoms with E-state index in [-0.39, 0.29) is 6.04 Å². The number of nitrogens with one attached hydrogen (secondary N) is 2. The lowest BCUT2D eigenvalue weighted by Crippen LogP contribution is -2.42. The van der Waals surface area contributed by atoms with Crippen molar-refractivity contribution in [1.82, 2.24) is 25.4 Å². The average Bonchev–Trinajstić information content (AvgIpc) is 2.99. The summed E-state index contributed by atoms with van der Waals surface area (Å²) in [6.45, 7) is 8.09. The smallest absolute Gasteiger partial charge is 0.191 e. The number of rotatable bonds is 4. The molecule has 2 heterocycles. The molecule has 0 spiro atoms. The zero-order chi connectivity index (χ0) is 17.8. The predicted octanol–water partition coefficient (Wildman–Crippen LogP) is 2.70. The van der Waals surface area contributed by atoms with E-state index >= 15 is 0 Å². The molecule has 0 saturated carbocycles. The number of guanidine groups is 1. The van der Waals surface area contributed by atoms with Crippen molar-refractivity contribution in [1.29, 1.82) is 0 Å². The highest BCUT2D eigenvalue weighted by molar-refractivity contribution is 5.80. The Morgan fingerprint density at radius 3 is 3.00 bits per heavy atom. The summed E-state index contributed by atoms with van der Waals surface area (Å²) >= 11 is 0. The van der Waals surface area contributed by atoms with Gasteiger partial charge in [-0.15, -0.1) is 0 Å². The molecule has 0 fully saturated rings. The topological polar surface area (TPSA) is 67.1 Å². The van der Waals surface area contributed by atoms with Crippen LogP contribution in [-0.4, -0.2) is 34.3 Å². The first kappa shape index (κ1) is 17.5. The van der Waals surface area contributed by atoms with Gasteiger partial charge >= 0.3 is 0 Å². The molecule has 1 aliphatic heterocycles. The maximum absolute atomic E-state index is 4.58. The maximum Gasteiger partial charge on any atom is 0.191 e. The molecule has 0 saturated heterocycles. The van der Waals surface area contributed by atoms with Crippen LogP contribution >= 0.6 is 0 Å². The van der Waals surface area contributed by atoms with Gasteiger partial charge in [-0.25, -0.2) is 9.67 Å². The van der Waals surface area contributed by atoms with Gasteiger partial charge in [-0.3, -0.25) is 4.99 Å². The van der Waals surface area contributed by atoms with Crippen molar-refractivity contribution in [3.63, 3.8) is 0 Å². The van der Waals surface area contributed by atoms with Crippen LogP contribution in [0.25, 0.3) is 0 Å². The minimum atomic E-state index is 0.162. The molecule has 1 aliphatic rings. The molecule has 2 atom stereocenters. The first-order valence-corrected chi connectivity index (χ1v) is 9.02. The summed E-state index contributed by atoms with van der Waals surface area (Å²) in [6, 6.07) is 8.84. The van der Waals surface area contributed by atoms with Crippen LogP contribution in [0.5, 0.6) is 0 Å². The molecule has 2 N–H and O–H groups in total. The molecular formula is C19H28N6. The number of aromatic nitrogens is 3. The van der Waals surface area contributed by atoms with Crippen LogP contribution in [0.3, 0.4) is 0 Å². The van der Waals surface area contributed by atoms with Gasteiger partial charge in [0.1, 0.15) is 11.6 Å². The normalized spacial score (nSPS) is 18.6. The summed E-state index contributed by atoms with van der Waals surface area (Å²) < 4.78 is 2.01. The van der Waals surface area contributed by atoms with Crippen LogP contribution in [0, 0.1) is 13.8 Å². The standard InChI is InChI=1S/C19H28N6/c1-13-7-5-8-16(11-13)14(2)12-21-19(20-4)23-17-9-6-10-25-18(17)22-15(3)24-25/h5,7-8,11,14,17H,6,9-10,12H2,1-4H3,(H2,20,21,23). The van der Waals surface area contributed by atoms with Crippen molar-refractivity contribution >= 4 is 5.96 Å². The predicted molar refractivity (Wildman–Crippen MR) is 101 cm³/mol. The van der Waals surface area contributed by atoms with Crippen LogP contribution in [0.1, 0.15) is 54.5 Å². The molecule has 1 aromatic heterocycles. The highest BCUT2D eigenvalue weighted by Crippen LogP contribution is 2.23. The van der Waals surface area contributed by atoms with Gasteiger partial charge < -0.3 is 10.6 Å². The Labute approximate surface area is 149 Å². The van der Waals surface area contributed by atoms with Crippen LogP contribution in [0.15, 0.2) is 29.3 Å². The lowest BCUT2D eigenvalue weighted by atomic mass is 9.99. The summed E-state index contributed by atoms with van der Waals surface area (Å²) in [4.78, 5) is 8.96. The summed E-state index contributed by atoms with van der Waals surface area (Å²) in [6.07, 6.45) is 2.15. The summed E-state index contributed by atoms with van der Waals surface area (Å²) in [5.74, 6) is 3.08. The molecule has 6 nitrogen and oxygen atoms in total. The molecule has 1 aromatic carbocycles. The first-order chi connectivity index (χ1) is 12.1. The first-order valence-electron chi connectivity index (χ1n) is 9.02. The monoisotopic (exact) mass is 340 g/mol. The molecule has 0 amide bonds. The third-order valence-electron chi connectivity index (χ3n) is 4.70. The van der Waals surface area contributed by atoms with E-state index in [1.165, 1.54) is 11.1 Å². The number of nitrogens with zero attached hydrogens (tertiary/aromatic N) is 4. The largest absolute Gasteiger partial charge is 0.356 e. The van der Waals surface area contributed by atoms with Gasteiger partial charge in [0.05, 0.1) is 6.04 Å². The number of aliphatic imine (C=N–C) groups is 1. The van der Waals surface area contributed by atoms with Crippen molar-refractivity contribution in [3.8, 4) is 0 Å². The van der Waals surface area contributed by atoms with Crippen molar-refractivity contribution in [2.45, 2.75) is 52.1 Å². The second-order valence-electron chi connectivity index (χ2n) is 6.85. The van der Waals surface area contributed by atoms with Gasteiger partial charge in [-0.05, 0) is 38.2 Å². The molecule has 134 valence electrons. The molecule has 6 heteroatoms. The second-order valence-corrected chi connectivity index (χ2v) is 6.85. The Morgan fingerprint density at radius 1 is 1.40 bits per heavy atom. The van der Waals surface area contributed by atoms with Crippen molar-refractivity contribution in [2.75, 3.05) is 13.6 Å². The van der Waals surface area contributed by atoms with Crippen LogP contribution in [0.4, 0.5) is 0 Å². The highest BCUT2D eigenvalue weighted by Gasteiger charge is 2.24. The molecule has 0 aliphatic carbocycles. The molecule has 0 bridgehead atoms. The Kier molecular flexibility index (Phi) is 5.36. The number of hydrogen-bond acceptors (Lipinski definition) is 3. The highest BCUT2D eigenvalue weighted by atomic mass is 15.4. The lowest BCUT2D eigenvalue weighted by molar-refractivity contribution is 0.397. The molecular weight excluding hydrogens is 312 g/mol. The minimum Gasteiger partial charge on any atom is -0.356 e. The third-order valence-corrected chi connectivity index (χ3v) is 4.70. The molecule has 2 aromatic rings. The van der Waals surface area contributed by atoms with E-state index in [1.807, 2.05) is 18.7 Å². The van der Waals surface area contributed by atoms with E-state index in [4.69, 9.17) is 0 Å². The Morgan fingerprint density at radius 2 is 2.24 bits per heavy atom. The quantitative estimate of drug-likeness (QED) is 0.663. The second kappa shape index (κ2) is 7.68. The number of fused-ring (bicyclic) bond motifs is 1. The van der Waals surface area contributed by atoms with Crippen molar-refractivity contribution in [2.24, 2.45) is 4.99 Å². The number of aryl methyl sites for hydroxylation is 3. The fourth-order valence-corrected chi connectivity index (χ4v) is 3.31. The van der Waals surface area contributed by atoms with Crippen LogP contribution < -0.4 is 10.6 Å². The van der Waals surface area contributed by atoms with E-state index in [0.717, 1.165) is 43.5 Å². The van der Waals surface area contributed by atoms with E-state index in [1.54, 1.807) is 0 Å². The summed E-state index contributed by atoms with van der Waals surface area (Å²) in [5.41, 5.74) is 2.64. The molecule has 2 unspecified atom stereocenters. The van der Waals surface area contributed by atoms with Gasteiger partial charge in [-0.1, -0.05) is 36.8 Å². The lowest BCUT2D eigenvalue weighted by Gasteiger charge is -2.25. The Hall–Kier alpha value is -2.37. The summed E-state index contributed by atoms with van der Waals surface area (Å²) in [5, 5.41) is 11.4. The van der Waals surface area contributed by atoms with E-state index < -0.39 is 0 Å². The van der Waals surface area contributed by atoms with Gasteiger partial charge in [-0.2, -0.15) is 5.10 Å². The van der Waals surface area contributed by atoms with Gasteiger partial charge in [0, 0.05) is 20.1 Å².